The molecule has 0 spiro atoms. The Kier molecular flexibility index (Phi) is 9.64. The number of rotatable bonds is 6. The number of hydrogen-bond donors (Lipinski definition) is 3. The number of carbonyl (C=O) groups is 1. The van der Waals surface area contributed by atoms with Gasteiger partial charge < -0.3 is 15.5 Å². The molecule has 0 aromatic carbocycles. The smallest absolute Gasteiger partial charge is 0.303 e. The van der Waals surface area contributed by atoms with Crippen molar-refractivity contribution in [2.45, 2.75) is 95.2 Å². The fourth-order valence-electron chi connectivity index (χ4n) is 3.87. The van der Waals surface area contributed by atoms with Crippen molar-refractivity contribution in [1.82, 2.24) is 10.3 Å². The van der Waals surface area contributed by atoms with Crippen molar-refractivity contribution < 1.29 is 15.0 Å². The van der Waals surface area contributed by atoms with Gasteiger partial charge >= 0.3 is 5.97 Å². The van der Waals surface area contributed by atoms with Gasteiger partial charge in [-0.3, -0.25) is 9.78 Å². The van der Waals surface area contributed by atoms with E-state index in [2.05, 4.69) is 10.3 Å². The van der Waals surface area contributed by atoms with Crippen LogP contribution in [0.2, 0.25) is 0 Å². The molecule has 2 aliphatic rings. The van der Waals surface area contributed by atoms with Crippen molar-refractivity contribution in [2.75, 3.05) is 0 Å². The fraction of sp³-hybridized carbons (Fsp3) is 0.714. The van der Waals surface area contributed by atoms with Gasteiger partial charge in [0.2, 0.25) is 0 Å². The third-order valence-corrected chi connectivity index (χ3v) is 5.38. The van der Waals surface area contributed by atoms with Gasteiger partial charge in [-0.25, -0.2) is 0 Å². The number of aliphatic hydroxyl groups excluding tert-OH is 1. The highest BCUT2D eigenvalue weighted by Crippen LogP contribution is 2.22. The van der Waals surface area contributed by atoms with E-state index in [1.54, 1.807) is 18.3 Å². The molecule has 0 aliphatic heterocycles. The molecule has 1 aromatic heterocycles. The van der Waals surface area contributed by atoms with Crippen molar-refractivity contribution in [3.63, 3.8) is 0 Å². The first kappa shape index (κ1) is 20.8. The van der Waals surface area contributed by atoms with E-state index in [1.165, 1.54) is 70.4 Å². The number of aliphatic carboxylic acids is 1. The summed E-state index contributed by atoms with van der Waals surface area (Å²) in [6.07, 6.45) is 17.2. The zero-order valence-corrected chi connectivity index (χ0v) is 15.8. The highest BCUT2D eigenvalue weighted by Gasteiger charge is 2.19. The Morgan fingerprint density at radius 1 is 1.08 bits per heavy atom. The minimum Gasteiger partial charge on any atom is -0.481 e. The summed E-state index contributed by atoms with van der Waals surface area (Å²) in [6.45, 7) is 0. The van der Waals surface area contributed by atoms with Gasteiger partial charge in [-0.05, 0) is 43.7 Å². The number of carboxylic acids is 1. The van der Waals surface area contributed by atoms with Crippen LogP contribution in [-0.2, 0) is 4.79 Å². The summed E-state index contributed by atoms with van der Waals surface area (Å²) in [5.41, 5.74) is 0.656. The maximum absolute atomic E-state index is 10.2. The first-order chi connectivity index (χ1) is 12.6. The summed E-state index contributed by atoms with van der Waals surface area (Å²) in [5.74, 6) is -0.900. The third-order valence-electron chi connectivity index (χ3n) is 5.38. The maximum atomic E-state index is 10.2. The molecule has 0 bridgehead atoms. The summed E-state index contributed by atoms with van der Waals surface area (Å²) in [4.78, 5) is 14.0. The molecule has 1 aromatic rings. The molecular weight excluding hydrogens is 328 g/mol. The summed E-state index contributed by atoms with van der Waals surface area (Å²) in [7, 11) is 0. The van der Waals surface area contributed by atoms with Crippen LogP contribution < -0.4 is 5.32 Å². The van der Waals surface area contributed by atoms with Gasteiger partial charge in [0, 0.05) is 30.9 Å². The molecule has 0 saturated heterocycles. The van der Waals surface area contributed by atoms with Gasteiger partial charge in [-0.1, -0.05) is 44.6 Å². The molecule has 5 heteroatoms. The van der Waals surface area contributed by atoms with Crippen molar-refractivity contribution in [2.24, 2.45) is 0 Å². The Labute approximate surface area is 157 Å². The van der Waals surface area contributed by atoms with E-state index in [9.17, 15) is 9.90 Å². The van der Waals surface area contributed by atoms with E-state index in [0.29, 0.717) is 5.56 Å². The Morgan fingerprint density at radius 2 is 1.65 bits per heavy atom. The first-order valence-corrected chi connectivity index (χ1v) is 10.2. The molecule has 5 nitrogen and oxygen atoms in total. The largest absolute Gasteiger partial charge is 0.481 e. The van der Waals surface area contributed by atoms with E-state index >= 15 is 0 Å². The Morgan fingerprint density at radius 3 is 2.12 bits per heavy atom. The lowest BCUT2D eigenvalue weighted by Gasteiger charge is -2.30. The topological polar surface area (TPSA) is 82.5 Å². The number of aromatic nitrogens is 1. The molecule has 1 atom stereocenters. The molecule has 0 radical (unpaired) electrons. The normalized spacial score (nSPS) is 20.0. The van der Waals surface area contributed by atoms with E-state index < -0.39 is 12.1 Å². The summed E-state index contributed by atoms with van der Waals surface area (Å²) in [6, 6.07) is 5.17. The number of nitrogens with zero attached hydrogens (tertiary/aromatic N) is 1. The van der Waals surface area contributed by atoms with Gasteiger partial charge in [0.15, 0.2) is 0 Å². The van der Waals surface area contributed by atoms with Gasteiger partial charge in [-0.15, -0.1) is 0 Å². The molecule has 3 N–H and O–H groups in total. The van der Waals surface area contributed by atoms with Crippen LogP contribution in [0.3, 0.4) is 0 Å². The van der Waals surface area contributed by atoms with Crippen molar-refractivity contribution in [1.29, 1.82) is 0 Å². The standard InChI is InChI=1S/C12H23N.C9H11NO3/c1-3-7-11(8-4-1)13-12-9-5-2-6-10-12;11-8(3-4-9(12)13)7-2-1-5-10-6-7/h11-13H,1-10H2;1-2,5-6,8,11H,3-4H2,(H,12,13). The van der Waals surface area contributed by atoms with E-state index in [4.69, 9.17) is 5.11 Å². The molecule has 1 unspecified atom stereocenters. The Bertz CT molecular complexity index is 481. The molecule has 2 saturated carbocycles. The van der Waals surface area contributed by atoms with Crippen LogP contribution in [0.25, 0.3) is 0 Å². The van der Waals surface area contributed by atoms with Crippen LogP contribution in [0, 0.1) is 0 Å². The lowest BCUT2D eigenvalue weighted by Crippen LogP contribution is -2.40. The third kappa shape index (κ3) is 8.28. The second kappa shape index (κ2) is 12.0. The molecule has 2 fully saturated rings. The van der Waals surface area contributed by atoms with Crippen molar-refractivity contribution in [3.8, 4) is 0 Å². The number of pyridine rings is 1. The molecular formula is C21H34N2O3. The second-order valence-corrected chi connectivity index (χ2v) is 7.57. The molecule has 2 aliphatic carbocycles. The molecule has 146 valence electrons. The summed E-state index contributed by atoms with van der Waals surface area (Å²) >= 11 is 0. The predicted molar refractivity (Wildman–Crippen MR) is 103 cm³/mol. The fourth-order valence-corrected chi connectivity index (χ4v) is 3.87. The quantitative estimate of drug-likeness (QED) is 0.706. The lowest BCUT2D eigenvalue weighted by atomic mass is 9.91. The van der Waals surface area contributed by atoms with Crippen LogP contribution in [0.15, 0.2) is 24.5 Å². The lowest BCUT2D eigenvalue weighted by molar-refractivity contribution is -0.137. The highest BCUT2D eigenvalue weighted by atomic mass is 16.4. The SMILES string of the molecule is C1CCC(NC2CCCCC2)CC1.O=C(O)CCC(O)c1cccnc1. The van der Waals surface area contributed by atoms with Crippen LogP contribution in [0.1, 0.15) is 88.7 Å². The van der Waals surface area contributed by atoms with Crippen LogP contribution in [0.5, 0.6) is 0 Å². The highest BCUT2D eigenvalue weighted by molar-refractivity contribution is 5.66. The molecule has 3 rings (SSSR count). The average Bonchev–Trinajstić information content (AvgIpc) is 2.69. The van der Waals surface area contributed by atoms with Crippen molar-refractivity contribution >= 4 is 5.97 Å². The molecule has 26 heavy (non-hydrogen) atoms. The minimum absolute atomic E-state index is 0.0317. The maximum Gasteiger partial charge on any atom is 0.303 e. The summed E-state index contributed by atoms with van der Waals surface area (Å²) < 4.78 is 0. The van der Waals surface area contributed by atoms with E-state index in [1.807, 2.05) is 0 Å². The average molecular weight is 363 g/mol. The van der Waals surface area contributed by atoms with Crippen LogP contribution in [0.4, 0.5) is 0 Å². The minimum atomic E-state index is -0.900. The second-order valence-electron chi connectivity index (χ2n) is 7.57. The zero-order valence-electron chi connectivity index (χ0n) is 15.8. The van der Waals surface area contributed by atoms with E-state index in [-0.39, 0.29) is 12.8 Å². The van der Waals surface area contributed by atoms with Gasteiger partial charge in [0.25, 0.3) is 0 Å². The van der Waals surface area contributed by atoms with E-state index in [0.717, 1.165) is 12.1 Å². The number of nitrogens with one attached hydrogen (secondary N) is 1. The predicted octanol–water partition coefficient (Wildman–Crippen LogP) is 4.22. The van der Waals surface area contributed by atoms with Gasteiger partial charge in [-0.2, -0.15) is 0 Å². The van der Waals surface area contributed by atoms with Crippen molar-refractivity contribution in [3.05, 3.63) is 30.1 Å². The van der Waals surface area contributed by atoms with Gasteiger partial charge in [0.1, 0.15) is 0 Å². The monoisotopic (exact) mass is 362 g/mol. The first-order valence-electron chi connectivity index (χ1n) is 10.2. The zero-order chi connectivity index (χ0) is 18.6. The van der Waals surface area contributed by atoms with Gasteiger partial charge in [0.05, 0.1) is 6.10 Å². The summed E-state index contributed by atoms with van der Waals surface area (Å²) in [5, 5.41) is 21.7. The number of carboxylic acid groups (broad SMARTS) is 1. The van der Waals surface area contributed by atoms with Crippen LogP contribution in [-0.4, -0.2) is 33.3 Å². The van der Waals surface area contributed by atoms with Crippen LogP contribution >= 0.6 is 0 Å². The Balaban J connectivity index is 0.000000187. The molecule has 0 amide bonds. The number of aliphatic hydroxyl groups is 1. The molecule has 1 heterocycles. The number of hydrogen-bond acceptors (Lipinski definition) is 4. The Hall–Kier alpha value is -1.46.